The summed E-state index contributed by atoms with van der Waals surface area (Å²) in [6.45, 7) is 10.8. The number of nitrogens with one attached hydrogen (secondary N) is 1. The van der Waals surface area contributed by atoms with Crippen LogP contribution in [0.25, 0.3) is 0 Å². The van der Waals surface area contributed by atoms with Crippen LogP contribution < -0.4 is 5.32 Å². The van der Waals surface area contributed by atoms with Crippen molar-refractivity contribution in [3.63, 3.8) is 0 Å². The van der Waals surface area contributed by atoms with Crippen molar-refractivity contribution < 1.29 is 14.3 Å². The van der Waals surface area contributed by atoms with E-state index in [1.54, 1.807) is 33.8 Å². The molecule has 2 unspecified atom stereocenters. The van der Waals surface area contributed by atoms with Crippen LogP contribution in [0, 0.1) is 5.92 Å². The topological polar surface area (TPSA) is 55.4 Å². The van der Waals surface area contributed by atoms with Gasteiger partial charge in [0.25, 0.3) is 0 Å². The average Bonchev–Trinajstić information content (AvgIpc) is 2.88. The van der Waals surface area contributed by atoms with Gasteiger partial charge in [0, 0.05) is 12.3 Å². The van der Waals surface area contributed by atoms with Crippen LogP contribution in [-0.4, -0.2) is 23.0 Å². The molecular weight excluding hydrogens is 218 g/mol. The smallest absolute Gasteiger partial charge is 0.408 e. The zero-order valence-corrected chi connectivity index (χ0v) is 11.0. The number of rotatable bonds is 4. The van der Waals surface area contributed by atoms with Crippen LogP contribution in [0.3, 0.4) is 0 Å². The minimum atomic E-state index is -0.765. The summed E-state index contributed by atoms with van der Waals surface area (Å²) in [7, 11) is 0. The lowest BCUT2D eigenvalue weighted by Crippen LogP contribution is -2.46. The Hall–Kier alpha value is -1.32. The van der Waals surface area contributed by atoms with E-state index >= 15 is 0 Å². The van der Waals surface area contributed by atoms with E-state index in [-0.39, 0.29) is 11.7 Å². The van der Waals surface area contributed by atoms with Crippen molar-refractivity contribution in [1.82, 2.24) is 5.32 Å². The zero-order chi connectivity index (χ0) is 13.3. The van der Waals surface area contributed by atoms with Crippen molar-refractivity contribution in [2.24, 2.45) is 5.92 Å². The fourth-order valence-electron chi connectivity index (χ4n) is 1.91. The van der Waals surface area contributed by atoms with E-state index in [4.69, 9.17) is 4.74 Å². The molecule has 96 valence electrons. The normalized spacial score (nSPS) is 27.2. The van der Waals surface area contributed by atoms with Gasteiger partial charge in [-0.15, -0.1) is 6.58 Å². The summed E-state index contributed by atoms with van der Waals surface area (Å²) in [4.78, 5) is 23.5. The molecule has 0 bridgehead atoms. The Balaban J connectivity index is 2.68. The standard InChI is InChI=1S/C13H21NO3/c1-6-9-8-13(9,10(15)7-2)14-11(16)17-12(3,4)5/h6,9H,1,7-8H2,2-5H3,(H,14,16). The van der Waals surface area contributed by atoms with Crippen LogP contribution in [-0.2, 0) is 9.53 Å². The molecule has 0 spiro atoms. The Morgan fingerprint density at radius 1 is 1.53 bits per heavy atom. The van der Waals surface area contributed by atoms with Crippen LogP contribution in [0.2, 0.25) is 0 Å². The van der Waals surface area contributed by atoms with Gasteiger partial charge in [0.1, 0.15) is 11.1 Å². The minimum absolute atomic E-state index is 0.0301. The zero-order valence-electron chi connectivity index (χ0n) is 11.0. The quantitative estimate of drug-likeness (QED) is 0.766. The Bertz CT molecular complexity index is 343. The highest BCUT2D eigenvalue weighted by atomic mass is 16.6. The highest BCUT2D eigenvalue weighted by Crippen LogP contribution is 2.45. The van der Waals surface area contributed by atoms with Gasteiger partial charge in [0.05, 0.1) is 0 Å². The van der Waals surface area contributed by atoms with Crippen molar-refractivity contribution in [3.8, 4) is 0 Å². The van der Waals surface area contributed by atoms with Gasteiger partial charge in [-0.1, -0.05) is 13.0 Å². The molecule has 2 atom stereocenters. The van der Waals surface area contributed by atoms with Crippen LogP contribution in [0.1, 0.15) is 40.5 Å². The first-order valence-corrected chi connectivity index (χ1v) is 5.92. The van der Waals surface area contributed by atoms with Gasteiger partial charge in [-0.3, -0.25) is 4.79 Å². The highest BCUT2D eigenvalue weighted by molar-refractivity contribution is 5.95. The van der Waals surface area contributed by atoms with E-state index in [0.717, 1.165) is 0 Å². The number of carbonyl (C=O) groups is 2. The third-order valence-corrected chi connectivity index (χ3v) is 2.84. The van der Waals surface area contributed by atoms with Gasteiger partial charge in [0.2, 0.25) is 0 Å². The molecule has 0 aromatic heterocycles. The van der Waals surface area contributed by atoms with E-state index in [1.807, 2.05) is 0 Å². The second kappa shape index (κ2) is 4.51. The molecule has 17 heavy (non-hydrogen) atoms. The summed E-state index contributed by atoms with van der Waals surface area (Å²) in [5.41, 5.74) is -1.32. The number of ketones is 1. The monoisotopic (exact) mass is 239 g/mol. The predicted octanol–water partition coefficient (Wildman–Crippen LogP) is 2.43. The summed E-state index contributed by atoms with van der Waals surface area (Å²) in [6.07, 6.45) is 2.21. The van der Waals surface area contributed by atoms with Crippen LogP contribution >= 0.6 is 0 Å². The van der Waals surface area contributed by atoms with E-state index in [0.29, 0.717) is 12.8 Å². The maximum absolute atomic E-state index is 11.8. The van der Waals surface area contributed by atoms with Crippen molar-refractivity contribution in [2.45, 2.75) is 51.7 Å². The summed E-state index contributed by atoms with van der Waals surface area (Å²) in [6, 6.07) is 0. The van der Waals surface area contributed by atoms with Crippen molar-refractivity contribution in [2.75, 3.05) is 0 Å². The number of hydrogen-bond acceptors (Lipinski definition) is 3. The van der Waals surface area contributed by atoms with Gasteiger partial charge >= 0.3 is 6.09 Å². The van der Waals surface area contributed by atoms with Gasteiger partial charge in [-0.05, 0) is 27.2 Å². The van der Waals surface area contributed by atoms with E-state index in [2.05, 4.69) is 11.9 Å². The number of Topliss-reactive ketones (excluding diaryl/α,β-unsaturated/α-hetero) is 1. The molecule has 1 fully saturated rings. The van der Waals surface area contributed by atoms with Crippen molar-refractivity contribution >= 4 is 11.9 Å². The first kappa shape index (κ1) is 13.7. The van der Waals surface area contributed by atoms with Crippen molar-refractivity contribution in [1.29, 1.82) is 0 Å². The van der Waals surface area contributed by atoms with E-state index < -0.39 is 17.2 Å². The molecular formula is C13H21NO3. The van der Waals surface area contributed by atoms with Gasteiger partial charge in [-0.2, -0.15) is 0 Å². The summed E-state index contributed by atoms with van der Waals surface area (Å²) in [5, 5.41) is 2.69. The number of amides is 1. The lowest BCUT2D eigenvalue weighted by Gasteiger charge is -2.23. The fourth-order valence-corrected chi connectivity index (χ4v) is 1.91. The second-order valence-electron chi connectivity index (χ2n) is 5.42. The molecule has 1 amide bonds. The lowest BCUT2D eigenvalue weighted by atomic mass is 10.1. The molecule has 0 radical (unpaired) electrons. The first-order chi connectivity index (χ1) is 7.75. The molecule has 0 aromatic rings. The molecule has 4 heteroatoms. The van der Waals surface area contributed by atoms with Gasteiger partial charge < -0.3 is 10.1 Å². The predicted molar refractivity (Wildman–Crippen MR) is 65.7 cm³/mol. The Morgan fingerprint density at radius 2 is 2.12 bits per heavy atom. The molecule has 1 N–H and O–H groups in total. The van der Waals surface area contributed by atoms with Gasteiger partial charge in [-0.25, -0.2) is 4.79 Å². The number of alkyl carbamates (subject to hydrolysis) is 1. The fraction of sp³-hybridized carbons (Fsp3) is 0.692. The largest absolute Gasteiger partial charge is 0.444 e. The molecule has 0 heterocycles. The number of hydrogen-bond donors (Lipinski definition) is 1. The number of carbonyl (C=O) groups excluding carboxylic acids is 2. The summed E-state index contributed by atoms with van der Waals surface area (Å²) in [5.74, 6) is 0.0655. The summed E-state index contributed by atoms with van der Waals surface area (Å²) >= 11 is 0. The molecule has 1 aliphatic rings. The van der Waals surface area contributed by atoms with Crippen LogP contribution in [0.5, 0.6) is 0 Å². The molecule has 0 aromatic carbocycles. The first-order valence-electron chi connectivity index (χ1n) is 5.92. The van der Waals surface area contributed by atoms with Crippen LogP contribution in [0.15, 0.2) is 12.7 Å². The SMILES string of the molecule is C=CC1CC1(NC(=O)OC(C)(C)C)C(=O)CC. The molecule has 1 aliphatic carbocycles. The maximum atomic E-state index is 11.8. The minimum Gasteiger partial charge on any atom is -0.444 e. The Morgan fingerprint density at radius 3 is 2.47 bits per heavy atom. The molecule has 0 saturated heterocycles. The third kappa shape index (κ3) is 3.08. The third-order valence-electron chi connectivity index (χ3n) is 2.84. The average molecular weight is 239 g/mol. The lowest BCUT2D eigenvalue weighted by molar-refractivity contribution is -0.122. The maximum Gasteiger partial charge on any atom is 0.408 e. The molecule has 1 rings (SSSR count). The number of ether oxygens (including phenoxy) is 1. The Labute approximate surface area is 102 Å². The molecule has 0 aliphatic heterocycles. The highest BCUT2D eigenvalue weighted by Gasteiger charge is 2.58. The van der Waals surface area contributed by atoms with Crippen molar-refractivity contribution in [3.05, 3.63) is 12.7 Å². The second-order valence-corrected chi connectivity index (χ2v) is 5.42. The Kier molecular flexibility index (Phi) is 3.65. The van der Waals surface area contributed by atoms with E-state index in [9.17, 15) is 9.59 Å². The molecule has 4 nitrogen and oxygen atoms in total. The van der Waals surface area contributed by atoms with E-state index in [1.165, 1.54) is 0 Å². The summed E-state index contributed by atoms with van der Waals surface area (Å²) < 4.78 is 5.16. The van der Waals surface area contributed by atoms with Crippen LogP contribution in [0.4, 0.5) is 4.79 Å². The van der Waals surface area contributed by atoms with Gasteiger partial charge in [0.15, 0.2) is 5.78 Å². The molecule has 1 saturated carbocycles.